The quantitative estimate of drug-likeness (QED) is 0.230. The van der Waals surface area contributed by atoms with Gasteiger partial charge in [-0.2, -0.15) is 0 Å². The molecule has 0 unspecified atom stereocenters. The Morgan fingerprint density at radius 2 is 1.32 bits per heavy atom. The van der Waals surface area contributed by atoms with Crippen molar-refractivity contribution in [2.45, 2.75) is 0 Å². The number of rotatable bonds is 3. The number of para-hydroxylation sites is 1. The number of hydrogen-bond acceptors (Lipinski definition) is 2. The summed E-state index contributed by atoms with van der Waals surface area (Å²) in [5.74, 6) is 0.192. The molecule has 0 radical (unpaired) electrons. The van der Waals surface area contributed by atoms with Crippen molar-refractivity contribution in [2.24, 2.45) is 0 Å². The maximum atomic E-state index is 11.0. The van der Waals surface area contributed by atoms with E-state index in [1.807, 2.05) is 54.6 Å². The van der Waals surface area contributed by atoms with E-state index in [1.165, 1.54) is 0 Å². The van der Waals surface area contributed by atoms with E-state index in [2.05, 4.69) is 74.3 Å². The van der Waals surface area contributed by atoms with Crippen LogP contribution < -0.4 is 0 Å². The molecule has 4 heteroatoms. The Morgan fingerprint density at radius 1 is 0.618 bits per heavy atom. The molecule has 1 heterocycles. The zero-order valence-corrected chi connectivity index (χ0v) is 21.1. The van der Waals surface area contributed by atoms with Crippen LogP contribution >= 0.6 is 31.9 Å². The first-order valence-electron chi connectivity index (χ1n) is 10.9. The highest BCUT2D eigenvalue weighted by Crippen LogP contribution is 2.49. The number of phenols is 1. The molecular weight excluding hydrogens is 552 g/mol. The monoisotopic (exact) mass is 568 g/mol. The van der Waals surface area contributed by atoms with Gasteiger partial charge in [0, 0.05) is 30.8 Å². The minimum Gasteiger partial charge on any atom is -0.507 e. The summed E-state index contributed by atoms with van der Waals surface area (Å²) in [6.45, 7) is 0. The first kappa shape index (κ1) is 21.2. The lowest BCUT2D eigenvalue weighted by Crippen LogP contribution is -1.91. The fourth-order valence-electron chi connectivity index (χ4n) is 4.64. The van der Waals surface area contributed by atoms with Crippen molar-refractivity contribution in [1.82, 2.24) is 0 Å². The van der Waals surface area contributed by atoms with Gasteiger partial charge in [0.1, 0.15) is 16.9 Å². The van der Waals surface area contributed by atoms with Gasteiger partial charge in [0.15, 0.2) is 0 Å². The van der Waals surface area contributed by atoms with Crippen LogP contribution in [0.25, 0.3) is 55.3 Å². The van der Waals surface area contributed by atoms with E-state index in [1.54, 1.807) is 6.07 Å². The van der Waals surface area contributed by atoms with Crippen LogP contribution in [-0.2, 0) is 0 Å². The van der Waals surface area contributed by atoms with Gasteiger partial charge in [-0.1, -0.05) is 88.7 Å². The highest BCUT2D eigenvalue weighted by molar-refractivity contribution is 9.11. The van der Waals surface area contributed by atoms with Gasteiger partial charge in [0.2, 0.25) is 0 Å². The summed E-state index contributed by atoms with van der Waals surface area (Å²) in [7, 11) is 0. The van der Waals surface area contributed by atoms with Crippen molar-refractivity contribution >= 4 is 53.8 Å². The van der Waals surface area contributed by atoms with Gasteiger partial charge in [-0.3, -0.25) is 0 Å². The van der Waals surface area contributed by atoms with E-state index in [0.717, 1.165) is 64.3 Å². The minimum atomic E-state index is 0.192. The smallest absolute Gasteiger partial charge is 0.145 e. The molecule has 0 amide bonds. The van der Waals surface area contributed by atoms with Crippen LogP contribution in [0.3, 0.4) is 0 Å². The maximum absolute atomic E-state index is 11.0. The van der Waals surface area contributed by atoms with Crippen LogP contribution in [0.2, 0.25) is 0 Å². The minimum absolute atomic E-state index is 0.192. The van der Waals surface area contributed by atoms with E-state index in [4.69, 9.17) is 4.42 Å². The Morgan fingerprint density at radius 3 is 2.12 bits per heavy atom. The van der Waals surface area contributed by atoms with E-state index in [9.17, 15) is 5.11 Å². The Bertz CT molecular complexity index is 1680. The molecule has 0 aliphatic rings. The predicted molar refractivity (Wildman–Crippen MR) is 147 cm³/mol. The Hall–Kier alpha value is -3.34. The van der Waals surface area contributed by atoms with Crippen LogP contribution in [0.1, 0.15) is 0 Å². The first-order chi connectivity index (χ1) is 16.6. The molecule has 1 N–H and O–H groups in total. The molecule has 0 aliphatic heterocycles. The molecule has 0 aliphatic carbocycles. The van der Waals surface area contributed by atoms with E-state index >= 15 is 0 Å². The number of aromatic hydroxyl groups is 1. The van der Waals surface area contributed by atoms with Crippen molar-refractivity contribution in [3.63, 3.8) is 0 Å². The van der Waals surface area contributed by atoms with E-state index < -0.39 is 0 Å². The van der Waals surface area contributed by atoms with Crippen LogP contribution in [0.4, 0.5) is 0 Å². The topological polar surface area (TPSA) is 33.4 Å². The Kier molecular flexibility index (Phi) is 5.28. The van der Waals surface area contributed by atoms with E-state index in [0.29, 0.717) is 0 Å². The van der Waals surface area contributed by atoms with Crippen LogP contribution in [-0.4, -0.2) is 5.11 Å². The first-order valence-corrected chi connectivity index (χ1v) is 12.5. The molecule has 0 saturated carbocycles. The van der Waals surface area contributed by atoms with Crippen LogP contribution in [0.15, 0.2) is 116 Å². The lowest BCUT2D eigenvalue weighted by atomic mass is 9.88. The second-order valence-electron chi connectivity index (χ2n) is 8.16. The standard InChI is InChI=1S/C30H18Br2O2/c31-19-14-15-22(26(33)16-19)28-24(21-11-5-4-10-20(21)18-8-2-1-3-9-18)17-25(32)29-23-12-6-7-13-27(23)34-30(28)29/h1-17,33H. The summed E-state index contributed by atoms with van der Waals surface area (Å²) < 4.78 is 8.23. The molecule has 34 heavy (non-hydrogen) atoms. The molecule has 0 spiro atoms. The molecule has 0 atom stereocenters. The van der Waals surface area contributed by atoms with Crippen molar-refractivity contribution in [2.75, 3.05) is 0 Å². The van der Waals surface area contributed by atoms with Gasteiger partial charge in [0.25, 0.3) is 0 Å². The number of halogens is 2. The molecule has 0 bridgehead atoms. The summed E-state index contributed by atoms with van der Waals surface area (Å²) in [5, 5.41) is 13.0. The summed E-state index contributed by atoms with van der Waals surface area (Å²) >= 11 is 7.31. The highest BCUT2D eigenvalue weighted by Gasteiger charge is 2.23. The maximum Gasteiger partial charge on any atom is 0.145 e. The third-order valence-electron chi connectivity index (χ3n) is 6.13. The molecule has 2 nitrogen and oxygen atoms in total. The predicted octanol–water partition coefficient (Wildman–Crippen LogP) is 9.82. The van der Waals surface area contributed by atoms with Crippen molar-refractivity contribution < 1.29 is 9.52 Å². The highest BCUT2D eigenvalue weighted by atomic mass is 79.9. The molecule has 0 fully saturated rings. The lowest BCUT2D eigenvalue weighted by Gasteiger charge is -2.17. The number of benzene rings is 5. The van der Waals surface area contributed by atoms with Crippen molar-refractivity contribution in [3.8, 4) is 39.1 Å². The second kappa shape index (κ2) is 8.46. The van der Waals surface area contributed by atoms with E-state index in [-0.39, 0.29) is 5.75 Å². The van der Waals surface area contributed by atoms with Gasteiger partial charge in [0.05, 0.1) is 0 Å². The normalized spacial score (nSPS) is 11.4. The molecule has 6 rings (SSSR count). The third kappa shape index (κ3) is 3.46. The summed E-state index contributed by atoms with van der Waals surface area (Å²) in [4.78, 5) is 0. The fourth-order valence-corrected chi connectivity index (χ4v) is 5.61. The Labute approximate surface area is 213 Å². The number of hydrogen-bond donors (Lipinski definition) is 1. The molecule has 1 aromatic heterocycles. The van der Waals surface area contributed by atoms with Crippen LogP contribution in [0.5, 0.6) is 5.75 Å². The van der Waals surface area contributed by atoms with Crippen molar-refractivity contribution in [1.29, 1.82) is 0 Å². The molecule has 6 aromatic rings. The molecule has 0 saturated heterocycles. The summed E-state index contributed by atoms with van der Waals surface area (Å²) in [6, 6.07) is 34.5. The Balaban J connectivity index is 1.77. The SMILES string of the molecule is Oc1cc(Br)ccc1-c1c(-c2ccccc2-c2ccccc2)cc(Br)c2c1oc1ccccc12. The molecule has 164 valence electrons. The average molecular weight is 570 g/mol. The molecule has 5 aromatic carbocycles. The van der Waals surface area contributed by atoms with Gasteiger partial charge in [-0.05, 0) is 68.5 Å². The van der Waals surface area contributed by atoms with Crippen LogP contribution in [0, 0.1) is 0 Å². The van der Waals surface area contributed by atoms with Gasteiger partial charge < -0.3 is 9.52 Å². The van der Waals surface area contributed by atoms with Crippen molar-refractivity contribution in [3.05, 3.63) is 112 Å². The fraction of sp³-hybridized carbons (Fsp3) is 0. The molecular formula is C30H18Br2O2. The largest absolute Gasteiger partial charge is 0.507 e. The summed E-state index contributed by atoms with van der Waals surface area (Å²) in [5.41, 5.74) is 7.42. The van der Waals surface area contributed by atoms with Gasteiger partial charge in [-0.15, -0.1) is 0 Å². The number of furan rings is 1. The zero-order valence-electron chi connectivity index (χ0n) is 17.9. The third-order valence-corrected chi connectivity index (χ3v) is 7.25. The number of phenolic OH excluding ortho intramolecular Hbond substituents is 1. The second-order valence-corrected chi connectivity index (χ2v) is 9.93. The summed E-state index contributed by atoms with van der Waals surface area (Å²) in [6.07, 6.45) is 0. The lowest BCUT2D eigenvalue weighted by molar-refractivity contribution is 0.477. The van der Waals surface area contributed by atoms with Gasteiger partial charge >= 0.3 is 0 Å². The average Bonchev–Trinajstić information content (AvgIpc) is 3.25. The zero-order chi connectivity index (χ0) is 23.2. The van der Waals surface area contributed by atoms with Gasteiger partial charge in [-0.25, -0.2) is 0 Å². The number of fused-ring (bicyclic) bond motifs is 3.